The molecule has 3 rings (SSSR count). The molecule has 0 bridgehead atoms. The fraction of sp³-hybridized carbons (Fsp3) is 0.200. The molecule has 0 saturated carbocycles. The average molecular weight is 339 g/mol. The van der Waals surface area contributed by atoms with E-state index in [0.717, 1.165) is 12.1 Å². The first-order valence-electron chi connectivity index (χ1n) is 6.73. The number of halogens is 3. The Morgan fingerprint density at radius 3 is 2.38 bits per heavy atom. The molecule has 0 amide bonds. The van der Waals surface area contributed by atoms with Gasteiger partial charge in [-0.1, -0.05) is 0 Å². The van der Waals surface area contributed by atoms with Gasteiger partial charge >= 0.3 is 6.18 Å². The van der Waals surface area contributed by atoms with E-state index < -0.39 is 17.8 Å². The third-order valence-electron chi connectivity index (χ3n) is 3.38. The van der Waals surface area contributed by atoms with Gasteiger partial charge in [-0.05, 0) is 24.3 Å². The molecule has 1 N–H and O–H groups in total. The summed E-state index contributed by atoms with van der Waals surface area (Å²) >= 11 is 0. The van der Waals surface area contributed by atoms with E-state index >= 15 is 0 Å². The maximum absolute atomic E-state index is 13.3. The highest BCUT2D eigenvalue weighted by atomic mass is 19.4. The third-order valence-corrected chi connectivity index (χ3v) is 3.38. The van der Waals surface area contributed by atoms with Gasteiger partial charge in [-0.15, -0.1) is 5.10 Å². The molecule has 3 aromatic rings. The Labute approximate surface area is 134 Å². The van der Waals surface area contributed by atoms with E-state index in [4.69, 9.17) is 9.47 Å². The van der Waals surface area contributed by atoms with Crippen LogP contribution in [-0.2, 0) is 6.18 Å². The number of ether oxygens (including phenoxy) is 2. The maximum atomic E-state index is 13.3. The van der Waals surface area contributed by atoms with Crippen molar-refractivity contribution < 1.29 is 27.8 Å². The average Bonchev–Trinajstić information content (AvgIpc) is 2.92. The van der Waals surface area contributed by atoms with Gasteiger partial charge in [0, 0.05) is 11.6 Å². The molecule has 1 aromatic carbocycles. The van der Waals surface area contributed by atoms with Crippen LogP contribution in [-0.4, -0.2) is 33.9 Å². The highest BCUT2D eigenvalue weighted by Crippen LogP contribution is 2.35. The highest BCUT2D eigenvalue weighted by molar-refractivity contribution is 5.66. The fourth-order valence-corrected chi connectivity index (χ4v) is 2.31. The minimum atomic E-state index is -4.66. The van der Waals surface area contributed by atoms with Crippen molar-refractivity contribution in [3.05, 3.63) is 36.0 Å². The lowest BCUT2D eigenvalue weighted by atomic mass is 10.1. The second kappa shape index (κ2) is 5.59. The summed E-state index contributed by atoms with van der Waals surface area (Å²) in [6.45, 7) is 0. The van der Waals surface area contributed by atoms with Crippen LogP contribution in [0, 0.1) is 0 Å². The molecule has 0 radical (unpaired) electrons. The van der Waals surface area contributed by atoms with Crippen LogP contribution in [0.25, 0.3) is 16.9 Å². The van der Waals surface area contributed by atoms with E-state index in [1.807, 2.05) is 0 Å². The van der Waals surface area contributed by atoms with E-state index in [9.17, 15) is 18.3 Å². The van der Waals surface area contributed by atoms with Gasteiger partial charge in [0.15, 0.2) is 22.8 Å². The van der Waals surface area contributed by atoms with Gasteiger partial charge in [-0.25, -0.2) is 9.50 Å². The molecule has 0 fully saturated rings. The van der Waals surface area contributed by atoms with Crippen LogP contribution >= 0.6 is 0 Å². The number of hydrogen-bond donors (Lipinski definition) is 1. The zero-order chi connectivity index (χ0) is 17.5. The first-order valence-corrected chi connectivity index (χ1v) is 6.73. The molecule has 9 heteroatoms. The molecule has 0 aliphatic rings. The van der Waals surface area contributed by atoms with Gasteiger partial charge < -0.3 is 14.6 Å². The van der Waals surface area contributed by atoms with Crippen molar-refractivity contribution in [2.45, 2.75) is 6.18 Å². The molecule has 6 nitrogen and oxygen atoms in total. The Balaban J connectivity index is 2.23. The van der Waals surface area contributed by atoms with Crippen molar-refractivity contribution in [2.75, 3.05) is 14.2 Å². The first-order chi connectivity index (χ1) is 11.3. The third kappa shape index (κ3) is 2.68. The largest absolute Gasteiger partial charge is 0.493 e. The minimum absolute atomic E-state index is 0.0654. The predicted octanol–water partition coefficient (Wildman–Crippen LogP) is 3.14. The summed E-state index contributed by atoms with van der Waals surface area (Å²) < 4.78 is 50.6. The van der Waals surface area contributed by atoms with E-state index in [0.29, 0.717) is 21.6 Å². The van der Waals surface area contributed by atoms with Gasteiger partial charge in [0.05, 0.1) is 19.9 Å². The Bertz CT molecular complexity index is 906. The zero-order valence-corrected chi connectivity index (χ0v) is 12.6. The maximum Gasteiger partial charge on any atom is 0.433 e. The van der Waals surface area contributed by atoms with Crippen LogP contribution in [0.3, 0.4) is 0 Å². The van der Waals surface area contributed by atoms with E-state index in [2.05, 4.69) is 10.1 Å². The standard InChI is InChI=1S/C15H12F3N3O3/c1-23-10-4-3-8(5-11(10)24-2)9-6-12(15(16,17)18)21-13(19-9)7-14(22)20-21/h3-7H,1-2H3,(H,20,22). The summed E-state index contributed by atoms with van der Waals surface area (Å²) in [6, 6.07) is 6.58. The smallest absolute Gasteiger partial charge is 0.433 e. The topological polar surface area (TPSA) is 68.9 Å². The molecule has 0 saturated heterocycles. The highest BCUT2D eigenvalue weighted by Gasteiger charge is 2.35. The minimum Gasteiger partial charge on any atom is -0.493 e. The number of aromatic hydroxyl groups is 1. The van der Waals surface area contributed by atoms with E-state index in [1.54, 1.807) is 12.1 Å². The van der Waals surface area contributed by atoms with E-state index in [-0.39, 0.29) is 11.3 Å². The lowest BCUT2D eigenvalue weighted by molar-refractivity contribution is -0.142. The molecule has 0 atom stereocenters. The summed E-state index contributed by atoms with van der Waals surface area (Å²) in [4.78, 5) is 4.12. The Kier molecular flexibility index (Phi) is 3.70. The quantitative estimate of drug-likeness (QED) is 0.794. The van der Waals surface area contributed by atoms with Crippen LogP contribution < -0.4 is 9.47 Å². The molecule has 0 spiro atoms. The van der Waals surface area contributed by atoms with Crippen molar-refractivity contribution in [3.63, 3.8) is 0 Å². The van der Waals surface area contributed by atoms with Crippen LogP contribution in [0.5, 0.6) is 17.4 Å². The van der Waals surface area contributed by atoms with Crippen molar-refractivity contribution in [1.82, 2.24) is 14.6 Å². The van der Waals surface area contributed by atoms with Gasteiger partial charge in [-0.3, -0.25) is 0 Å². The fourth-order valence-electron chi connectivity index (χ4n) is 2.31. The number of rotatable bonds is 3. The number of benzene rings is 1. The number of methoxy groups -OCH3 is 2. The van der Waals surface area contributed by atoms with E-state index in [1.165, 1.54) is 20.3 Å². The number of alkyl halides is 3. The Hall–Kier alpha value is -2.97. The second-order valence-corrected chi connectivity index (χ2v) is 4.87. The van der Waals surface area contributed by atoms with Crippen molar-refractivity contribution >= 4 is 5.65 Å². The van der Waals surface area contributed by atoms with Gasteiger partial charge in [0.1, 0.15) is 0 Å². The van der Waals surface area contributed by atoms with Crippen LogP contribution in [0.2, 0.25) is 0 Å². The molecule has 126 valence electrons. The van der Waals surface area contributed by atoms with Crippen molar-refractivity contribution in [3.8, 4) is 28.6 Å². The number of hydrogen-bond acceptors (Lipinski definition) is 5. The van der Waals surface area contributed by atoms with Crippen LogP contribution in [0.15, 0.2) is 30.3 Å². The molecule has 0 aliphatic carbocycles. The summed E-state index contributed by atoms with van der Waals surface area (Å²) in [5.41, 5.74) is -0.693. The zero-order valence-electron chi connectivity index (χ0n) is 12.6. The van der Waals surface area contributed by atoms with Crippen LogP contribution in [0.4, 0.5) is 13.2 Å². The monoisotopic (exact) mass is 339 g/mol. The molecular formula is C15H12F3N3O3. The Morgan fingerprint density at radius 1 is 1.04 bits per heavy atom. The lowest BCUT2D eigenvalue weighted by Gasteiger charge is -2.12. The molecule has 0 aliphatic heterocycles. The molecule has 2 heterocycles. The van der Waals surface area contributed by atoms with Crippen LogP contribution in [0.1, 0.15) is 5.69 Å². The number of nitrogens with zero attached hydrogens (tertiary/aromatic N) is 3. The molecule has 0 unspecified atom stereocenters. The molecule has 2 aromatic heterocycles. The molecular weight excluding hydrogens is 327 g/mol. The summed E-state index contributed by atoms with van der Waals surface area (Å²) in [5.74, 6) is 0.263. The van der Waals surface area contributed by atoms with Crippen molar-refractivity contribution in [1.29, 1.82) is 0 Å². The predicted molar refractivity (Wildman–Crippen MR) is 78.2 cm³/mol. The summed E-state index contributed by atoms with van der Waals surface area (Å²) in [5, 5.41) is 12.8. The summed E-state index contributed by atoms with van der Waals surface area (Å²) in [7, 11) is 2.88. The SMILES string of the molecule is COc1ccc(-c2cc(C(F)(F)F)n3nc(O)cc3n2)cc1OC. The van der Waals surface area contributed by atoms with Crippen molar-refractivity contribution in [2.24, 2.45) is 0 Å². The van der Waals surface area contributed by atoms with Gasteiger partial charge in [-0.2, -0.15) is 13.2 Å². The normalized spacial score (nSPS) is 11.7. The molecule has 24 heavy (non-hydrogen) atoms. The second-order valence-electron chi connectivity index (χ2n) is 4.87. The van der Waals surface area contributed by atoms with Gasteiger partial charge in [0.2, 0.25) is 5.88 Å². The Morgan fingerprint density at radius 2 is 1.75 bits per heavy atom. The van der Waals surface area contributed by atoms with Gasteiger partial charge in [0.25, 0.3) is 0 Å². The lowest BCUT2D eigenvalue weighted by Crippen LogP contribution is -2.13. The summed E-state index contributed by atoms with van der Waals surface area (Å²) in [6.07, 6.45) is -4.66. The first kappa shape index (κ1) is 15.9. The number of aromatic nitrogens is 3. The number of fused-ring (bicyclic) bond motifs is 1.